The van der Waals surface area contributed by atoms with Crippen molar-refractivity contribution in [1.29, 1.82) is 0 Å². The summed E-state index contributed by atoms with van der Waals surface area (Å²) in [7, 11) is 0. The van der Waals surface area contributed by atoms with E-state index in [1.807, 2.05) is 0 Å². The van der Waals surface area contributed by atoms with Gasteiger partial charge in [0.25, 0.3) is 6.43 Å². The van der Waals surface area contributed by atoms with Crippen molar-refractivity contribution in [2.75, 3.05) is 6.61 Å². The minimum atomic E-state index is -2.78. The van der Waals surface area contributed by atoms with Gasteiger partial charge in [0.05, 0.1) is 12.3 Å². The molecule has 2 aromatic rings. The van der Waals surface area contributed by atoms with Gasteiger partial charge >= 0.3 is 5.97 Å². The summed E-state index contributed by atoms with van der Waals surface area (Å²) in [6.07, 6.45) is -1.60. The summed E-state index contributed by atoms with van der Waals surface area (Å²) in [5.41, 5.74) is -0.214. The molecule has 0 aliphatic carbocycles. The van der Waals surface area contributed by atoms with Crippen LogP contribution in [0.5, 0.6) is 0 Å². The molecule has 0 bridgehead atoms. The molecule has 0 amide bonds. The smallest absolute Gasteiger partial charge is 0.360 e. The van der Waals surface area contributed by atoms with Gasteiger partial charge in [0.1, 0.15) is 10.2 Å². The molecule has 5 nitrogen and oxygen atoms in total. The minimum absolute atomic E-state index is 0.0590. The Hall–Kier alpha value is -1.73. The van der Waals surface area contributed by atoms with Crippen LogP contribution < -0.4 is 0 Å². The molecular weight excluding hydrogens is 351 g/mol. The lowest BCUT2D eigenvalue weighted by molar-refractivity contribution is 0.0518. The number of halogens is 4. The second-order valence-corrected chi connectivity index (χ2v) is 5.21. The fourth-order valence-electron chi connectivity index (χ4n) is 2.08. The van der Waals surface area contributed by atoms with Crippen LogP contribution in [-0.2, 0) is 11.3 Å². The molecule has 0 radical (unpaired) electrons. The third-order valence-electron chi connectivity index (χ3n) is 3.06. The van der Waals surface area contributed by atoms with Gasteiger partial charge in [-0.15, -0.1) is 0 Å². The van der Waals surface area contributed by atoms with E-state index in [1.54, 1.807) is 13.8 Å². The summed E-state index contributed by atoms with van der Waals surface area (Å²) < 4.78 is 32.8. The quantitative estimate of drug-likeness (QED) is 0.583. The van der Waals surface area contributed by atoms with Crippen molar-refractivity contribution in [1.82, 2.24) is 14.8 Å². The molecule has 0 aliphatic rings. The highest BCUT2D eigenvalue weighted by atomic mass is 35.5. The number of hydrogen-bond donors (Lipinski definition) is 0. The molecule has 0 saturated carbocycles. The Kier molecular flexibility index (Phi) is 5.54. The maximum Gasteiger partial charge on any atom is 0.360 e. The zero-order valence-corrected chi connectivity index (χ0v) is 13.8. The molecule has 0 unspecified atom stereocenters. The van der Waals surface area contributed by atoms with Crippen LogP contribution >= 0.6 is 23.2 Å². The van der Waals surface area contributed by atoms with Gasteiger partial charge in [-0.25, -0.2) is 18.6 Å². The minimum Gasteiger partial charge on any atom is -0.461 e. The van der Waals surface area contributed by atoms with Crippen LogP contribution in [0.15, 0.2) is 12.3 Å². The fraction of sp³-hybridized carbons (Fsp3) is 0.357. The van der Waals surface area contributed by atoms with Crippen molar-refractivity contribution in [2.24, 2.45) is 0 Å². The Morgan fingerprint density at radius 2 is 2.09 bits per heavy atom. The Morgan fingerprint density at radius 3 is 2.65 bits per heavy atom. The molecule has 0 spiro atoms. The van der Waals surface area contributed by atoms with Crippen LogP contribution in [0, 0.1) is 0 Å². The van der Waals surface area contributed by atoms with Crippen molar-refractivity contribution in [3.63, 3.8) is 0 Å². The number of carbonyl (C=O) groups excluding carboxylic acids is 1. The number of aromatic nitrogens is 3. The van der Waals surface area contributed by atoms with E-state index >= 15 is 0 Å². The van der Waals surface area contributed by atoms with Gasteiger partial charge in [0.2, 0.25) is 0 Å². The molecule has 0 N–H and O–H groups in total. The molecule has 0 aliphatic heterocycles. The summed E-state index contributed by atoms with van der Waals surface area (Å²) in [6.45, 7) is 3.85. The lowest BCUT2D eigenvalue weighted by atomic mass is 10.1. The number of esters is 1. The first kappa shape index (κ1) is 17.6. The highest BCUT2D eigenvalue weighted by molar-refractivity contribution is 6.36. The first-order valence-electron chi connectivity index (χ1n) is 6.78. The normalized spacial score (nSPS) is 11.1. The van der Waals surface area contributed by atoms with Crippen LogP contribution in [0.3, 0.4) is 0 Å². The standard InChI is InChI=1S/C14H13Cl2F2N3O2/c1-3-21-12(10(16)11(20-21)14(22)23-4-2)8-6-19-9(15)5-7(8)13(17)18/h5-6,13H,3-4H2,1-2H3. The SMILES string of the molecule is CCOC(=O)c1nn(CC)c(-c2cnc(Cl)cc2C(F)F)c1Cl. The van der Waals surface area contributed by atoms with Crippen molar-refractivity contribution in [3.8, 4) is 11.3 Å². The van der Waals surface area contributed by atoms with Crippen LogP contribution in [0.1, 0.15) is 36.3 Å². The zero-order chi connectivity index (χ0) is 17.1. The van der Waals surface area contributed by atoms with Gasteiger partial charge in [-0.05, 0) is 19.9 Å². The molecule has 0 saturated heterocycles. The van der Waals surface area contributed by atoms with E-state index < -0.39 is 12.4 Å². The monoisotopic (exact) mass is 363 g/mol. The van der Waals surface area contributed by atoms with E-state index in [2.05, 4.69) is 10.1 Å². The molecule has 124 valence electrons. The first-order chi connectivity index (χ1) is 10.9. The number of rotatable bonds is 5. The van der Waals surface area contributed by atoms with E-state index in [-0.39, 0.29) is 39.3 Å². The van der Waals surface area contributed by atoms with Crippen molar-refractivity contribution in [2.45, 2.75) is 26.8 Å². The third-order valence-corrected chi connectivity index (χ3v) is 3.62. The van der Waals surface area contributed by atoms with Crippen LogP contribution in [0.4, 0.5) is 8.78 Å². The van der Waals surface area contributed by atoms with E-state index in [1.165, 1.54) is 10.9 Å². The molecule has 2 rings (SSSR count). The highest BCUT2D eigenvalue weighted by Crippen LogP contribution is 2.37. The summed E-state index contributed by atoms with van der Waals surface area (Å²) in [4.78, 5) is 15.7. The molecule has 2 heterocycles. The van der Waals surface area contributed by atoms with E-state index in [9.17, 15) is 13.6 Å². The van der Waals surface area contributed by atoms with E-state index in [0.29, 0.717) is 6.54 Å². The largest absolute Gasteiger partial charge is 0.461 e. The van der Waals surface area contributed by atoms with E-state index in [4.69, 9.17) is 27.9 Å². The molecule has 0 fully saturated rings. The summed E-state index contributed by atoms with van der Waals surface area (Å²) in [6, 6.07) is 1.06. The second-order valence-electron chi connectivity index (χ2n) is 4.44. The fourth-order valence-corrected chi connectivity index (χ4v) is 2.56. The highest BCUT2D eigenvalue weighted by Gasteiger charge is 2.27. The molecular formula is C14H13Cl2F2N3O2. The van der Waals surface area contributed by atoms with Crippen molar-refractivity contribution >= 4 is 29.2 Å². The van der Waals surface area contributed by atoms with Crippen molar-refractivity contribution in [3.05, 3.63) is 33.7 Å². The number of alkyl halides is 2. The van der Waals surface area contributed by atoms with Gasteiger partial charge in [0, 0.05) is 23.9 Å². The average Bonchev–Trinajstić information content (AvgIpc) is 2.84. The molecule has 9 heteroatoms. The number of pyridine rings is 1. The molecule has 23 heavy (non-hydrogen) atoms. The Labute approximate surface area is 141 Å². The Balaban J connectivity index is 2.66. The third kappa shape index (κ3) is 3.45. The van der Waals surface area contributed by atoms with E-state index in [0.717, 1.165) is 6.07 Å². The number of nitrogens with zero attached hydrogens (tertiary/aromatic N) is 3. The Bertz CT molecular complexity index is 735. The summed E-state index contributed by atoms with van der Waals surface area (Å²) in [5.74, 6) is -0.716. The van der Waals surface area contributed by atoms with Crippen LogP contribution in [0.25, 0.3) is 11.3 Å². The molecule has 0 aromatic carbocycles. The van der Waals surface area contributed by atoms with Crippen LogP contribution in [-0.4, -0.2) is 27.3 Å². The van der Waals surface area contributed by atoms with Gasteiger partial charge < -0.3 is 4.74 Å². The maximum absolute atomic E-state index is 13.3. The number of hydrogen-bond acceptors (Lipinski definition) is 4. The second kappa shape index (κ2) is 7.23. The number of aryl methyl sites for hydroxylation is 1. The molecule has 0 atom stereocenters. The summed E-state index contributed by atoms with van der Waals surface area (Å²) >= 11 is 11.9. The first-order valence-corrected chi connectivity index (χ1v) is 7.53. The number of ether oxygens (including phenoxy) is 1. The van der Waals surface area contributed by atoms with Crippen LogP contribution in [0.2, 0.25) is 10.2 Å². The maximum atomic E-state index is 13.3. The van der Waals surface area contributed by atoms with Gasteiger partial charge in [0.15, 0.2) is 5.69 Å². The van der Waals surface area contributed by atoms with Gasteiger partial charge in [-0.2, -0.15) is 5.10 Å². The Morgan fingerprint density at radius 1 is 1.39 bits per heavy atom. The topological polar surface area (TPSA) is 57.0 Å². The van der Waals surface area contributed by atoms with Gasteiger partial charge in [-0.3, -0.25) is 4.68 Å². The molecule has 2 aromatic heterocycles. The van der Waals surface area contributed by atoms with Gasteiger partial charge in [-0.1, -0.05) is 23.2 Å². The summed E-state index contributed by atoms with van der Waals surface area (Å²) in [5, 5.41) is 3.93. The lowest BCUT2D eigenvalue weighted by Gasteiger charge is -2.10. The zero-order valence-electron chi connectivity index (χ0n) is 12.3. The lowest BCUT2D eigenvalue weighted by Crippen LogP contribution is -2.07. The average molecular weight is 364 g/mol. The number of carbonyl (C=O) groups is 1. The predicted molar refractivity (Wildman–Crippen MR) is 82.1 cm³/mol. The van der Waals surface area contributed by atoms with Crippen molar-refractivity contribution < 1.29 is 18.3 Å². The predicted octanol–water partition coefficient (Wildman–Crippen LogP) is 4.39.